The van der Waals surface area contributed by atoms with E-state index in [0.717, 1.165) is 23.4 Å². The van der Waals surface area contributed by atoms with E-state index in [0.29, 0.717) is 60.3 Å². The number of halogens is 4. The number of benzene rings is 3. The van der Waals surface area contributed by atoms with Gasteiger partial charge in [0, 0.05) is 60.6 Å². The van der Waals surface area contributed by atoms with E-state index in [1.54, 1.807) is 24.1 Å². The number of carbonyl (C=O) groups is 2. The van der Waals surface area contributed by atoms with Crippen molar-refractivity contribution in [2.75, 3.05) is 38.2 Å². The summed E-state index contributed by atoms with van der Waals surface area (Å²) in [4.78, 5) is 30.7. The summed E-state index contributed by atoms with van der Waals surface area (Å²) < 4.78 is 51.2. The Morgan fingerprint density at radius 2 is 1.61 bits per heavy atom. The predicted molar refractivity (Wildman–Crippen MR) is 172 cm³/mol. The van der Waals surface area contributed by atoms with Gasteiger partial charge in [-0.25, -0.2) is 0 Å². The van der Waals surface area contributed by atoms with Crippen molar-refractivity contribution < 1.29 is 31.9 Å². The number of nitrogens with one attached hydrogen (secondary N) is 1. The zero-order chi connectivity index (χ0) is 32.8. The summed E-state index contributed by atoms with van der Waals surface area (Å²) in [6, 6.07) is 19.3. The summed E-state index contributed by atoms with van der Waals surface area (Å²) in [6.07, 6.45) is -1.31. The van der Waals surface area contributed by atoms with E-state index in [4.69, 9.17) is 20.8 Å². The SMILES string of the molecule is CCc1c(/C=C/C(=O)NCc2ccc(OC)cc2)oc(-c2ccc(C(F)(F)F)cc2)c1C(=O)N1CCN(c2ccc(Cl)cc2)CC1. The van der Waals surface area contributed by atoms with Gasteiger partial charge in [0.25, 0.3) is 5.91 Å². The van der Waals surface area contributed by atoms with E-state index >= 15 is 0 Å². The second kappa shape index (κ2) is 14.2. The minimum atomic E-state index is -4.51. The average molecular weight is 652 g/mol. The van der Waals surface area contributed by atoms with Crippen LogP contribution in [0.5, 0.6) is 5.75 Å². The van der Waals surface area contributed by atoms with Crippen molar-refractivity contribution in [2.45, 2.75) is 26.1 Å². The average Bonchev–Trinajstić information content (AvgIpc) is 3.45. The molecular formula is C35H33ClF3N3O4. The number of nitrogens with zero attached hydrogens (tertiary/aromatic N) is 2. The van der Waals surface area contributed by atoms with Crippen molar-refractivity contribution in [1.29, 1.82) is 0 Å². The topological polar surface area (TPSA) is 75.0 Å². The lowest BCUT2D eigenvalue weighted by Gasteiger charge is -2.36. The number of hydrogen-bond acceptors (Lipinski definition) is 5. The molecular weight excluding hydrogens is 619 g/mol. The zero-order valence-electron chi connectivity index (χ0n) is 25.4. The second-order valence-corrected chi connectivity index (χ2v) is 11.2. The molecule has 1 N–H and O–H groups in total. The molecule has 0 bridgehead atoms. The van der Waals surface area contributed by atoms with E-state index in [1.165, 1.54) is 24.3 Å². The fourth-order valence-corrected chi connectivity index (χ4v) is 5.46. The van der Waals surface area contributed by atoms with Gasteiger partial charge in [-0.05, 0) is 66.6 Å². The molecule has 7 nitrogen and oxygen atoms in total. The van der Waals surface area contributed by atoms with Crippen LogP contribution in [0.2, 0.25) is 5.02 Å². The number of methoxy groups -OCH3 is 1. The number of rotatable bonds is 9. The van der Waals surface area contributed by atoms with Gasteiger partial charge in [-0.1, -0.05) is 42.8 Å². The molecule has 0 unspecified atom stereocenters. The number of amides is 2. The molecule has 46 heavy (non-hydrogen) atoms. The van der Waals surface area contributed by atoms with Crippen LogP contribution in [-0.2, 0) is 23.9 Å². The molecule has 11 heteroatoms. The first-order valence-corrected chi connectivity index (χ1v) is 15.2. The van der Waals surface area contributed by atoms with Crippen molar-refractivity contribution >= 4 is 35.2 Å². The third-order valence-corrected chi connectivity index (χ3v) is 8.10. The first kappa shape index (κ1) is 32.7. The van der Waals surface area contributed by atoms with Gasteiger partial charge in [0.2, 0.25) is 5.91 Å². The lowest BCUT2D eigenvalue weighted by atomic mass is 9.99. The monoisotopic (exact) mass is 651 g/mol. The van der Waals surface area contributed by atoms with Gasteiger partial charge in [-0.3, -0.25) is 9.59 Å². The zero-order valence-corrected chi connectivity index (χ0v) is 26.1. The highest BCUT2D eigenvalue weighted by molar-refractivity contribution is 6.30. The normalized spacial score (nSPS) is 13.7. The lowest BCUT2D eigenvalue weighted by molar-refractivity contribution is -0.137. The maximum atomic E-state index is 14.1. The molecule has 4 aromatic rings. The van der Waals surface area contributed by atoms with Crippen molar-refractivity contribution in [2.24, 2.45) is 0 Å². The van der Waals surface area contributed by atoms with Crippen LogP contribution in [0.25, 0.3) is 17.4 Å². The number of hydrogen-bond donors (Lipinski definition) is 1. The van der Waals surface area contributed by atoms with Gasteiger partial charge < -0.3 is 24.3 Å². The quantitative estimate of drug-likeness (QED) is 0.190. The molecule has 0 spiro atoms. The van der Waals surface area contributed by atoms with E-state index in [1.807, 2.05) is 43.3 Å². The molecule has 1 fully saturated rings. The Morgan fingerprint density at radius 1 is 0.957 bits per heavy atom. The Morgan fingerprint density at radius 3 is 2.20 bits per heavy atom. The second-order valence-electron chi connectivity index (χ2n) is 10.7. The first-order chi connectivity index (χ1) is 22.1. The van der Waals surface area contributed by atoms with Crippen LogP contribution in [0.3, 0.4) is 0 Å². The Labute approximate surface area is 270 Å². The Kier molecular flexibility index (Phi) is 10.1. The van der Waals surface area contributed by atoms with Crippen LogP contribution in [-0.4, -0.2) is 50.0 Å². The molecule has 1 aromatic heterocycles. The fraction of sp³-hybridized carbons (Fsp3) is 0.257. The Hall–Kier alpha value is -4.70. The molecule has 2 heterocycles. The van der Waals surface area contributed by atoms with Crippen molar-refractivity contribution in [1.82, 2.24) is 10.2 Å². The smallest absolute Gasteiger partial charge is 0.416 e. The van der Waals surface area contributed by atoms with Gasteiger partial charge in [0.15, 0.2) is 0 Å². The van der Waals surface area contributed by atoms with Crippen LogP contribution in [0, 0.1) is 0 Å². The molecule has 1 aliphatic rings. The van der Waals surface area contributed by atoms with Crippen LogP contribution in [0.4, 0.5) is 18.9 Å². The standard InChI is InChI=1S/C35H33ClF3N3O4/c1-3-29-30(16-17-31(43)40-22-23-4-14-28(45-2)15-5-23)46-33(24-6-8-25(9-7-24)35(37,38)39)32(29)34(44)42-20-18-41(19-21-42)27-12-10-26(36)11-13-27/h4-17H,3,18-22H2,1-2H3,(H,40,43)/b17-16+. The van der Waals surface area contributed by atoms with Gasteiger partial charge in [0.05, 0.1) is 18.2 Å². The van der Waals surface area contributed by atoms with E-state index in [-0.39, 0.29) is 29.7 Å². The maximum absolute atomic E-state index is 14.1. The Bertz CT molecular complexity index is 1690. The molecule has 0 atom stereocenters. The molecule has 3 aromatic carbocycles. The minimum absolute atomic E-state index is 0.161. The highest BCUT2D eigenvalue weighted by Crippen LogP contribution is 2.36. The molecule has 0 saturated carbocycles. The molecule has 240 valence electrons. The number of furan rings is 1. The van der Waals surface area contributed by atoms with Gasteiger partial charge >= 0.3 is 6.18 Å². The largest absolute Gasteiger partial charge is 0.497 e. The highest BCUT2D eigenvalue weighted by atomic mass is 35.5. The molecule has 1 aliphatic heterocycles. The first-order valence-electron chi connectivity index (χ1n) is 14.8. The summed E-state index contributed by atoms with van der Waals surface area (Å²) in [5.41, 5.74) is 2.24. The number of ether oxygens (including phenoxy) is 1. The van der Waals surface area contributed by atoms with Crippen molar-refractivity contribution in [3.63, 3.8) is 0 Å². The van der Waals surface area contributed by atoms with Gasteiger partial charge in [0.1, 0.15) is 17.3 Å². The van der Waals surface area contributed by atoms with E-state index in [9.17, 15) is 22.8 Å². The molecule has 0 radical (unpaired) electrons. The van der Waals surface area contributed by atoms with Crippen LogP contribution in [0.1, 0.15) is 39.7 Å². The maximum Gasteiger partial charge on any atom is 0.416 e. The third-order valence-electron chi connectivity index (χ3n) is 7.85. The molecule has 2 amide bonds. The Balaban J connectivity index is 1.40. The summed E-state index contributed by atoms with van der Waals surface area (Å²) in [7, 11) is 1.58. The molecule has 1 saturated heterocycles. The summed E-state index contributed by atoms with van der Waals surface area (Å²) >= 11 is 6.03. The van der Waals surface area contributed by atoms with Gasteiger partial charge in [-0.2, -0.15) is 13.2 Å². The summed E-state index contributed by atoms with van der Waals surface area (Å²) in [6.45, 7) is 4.18. The van der Waals surface area contributed by atoms with Crippen LogP contribution >= 0.6 is 11.6 Å². The predicted octanol–water partition coefficient (Wildman–Crippen LogP) is 7.48. The summed E-state index contributed by atoms with van der Waals surface area (Å²) in [5, 5.41) is 3.45. The minimum Gasteiger partial charge on any atom is -0.497 e. The third kappa shape index (κ3) is 7.56. The van der Waals surface area contributed by atoms with Crippen LogP contribution in [0.15, 0.2) is 83.3 Å². The number of carbonyl (C=O) groups excluding carboxylic acids is 2. The molecule has 0 aliphatic carbocycles. The van der Waals surface area contributed by atoms with Crippen molar-refractivity contribution in [3.05, 3.63) is 112 Å². The fourth-order valence-electron chi connectivity index (χ4n) is 5.33. The number of alkyl halides is 3. The molecule has 5 rings (SSSR count). The summed E-state index contributed by atoms with van der Waals surface area (Å²) in [5.74, 6) is 0.498. The van der Waals surface area contributed by atoms with E-state index in [2.05, 4.69) is 10.2 Å². The highest BCUT2D eigenvalue weighted by Gasteiger charge is 2.33. The lowest BCUT2D eigenvalue weighted by Crippen LogP contribution is -2.49. The van der Waals surface area contributed by atoms with Crippen molar-refractivity contribution in [3.8, 4) is 17.1 Å². The van der Waals surface area contributed by atoms with Gasteiger partial charge in [-0.15, -0.1) is 0 Å². The van der Waals surface area contributed by atoms with E-state index < -0.39 is 11.7 Å². The number of piperazine rings is 1. The van der Waals surface area contributed by atoms with Crippen LogP contribution < -0.4 is 15.0 Å². The number of anilines is 1.